The number of carbonyl (C=O) groups excluding carboxylic acids is 1. The Hall–Kier alpha value is -3.73. The molecule has 0 aliphatic rings. The van der Waals surface area contributed by atoms with Crippen LogP contribution in [0.2, 0.25) is 10.0 Å². The monoisotopic (exact) mass is 500 g/mol. The molecule has 3 aromatic rings. The summed E-state index contributed by atoms with van der Waals surface area (Å²) in [5.74, 6) is -0.0257. The van der Waals surface area contributed by atoms with Crippen LogP contribution < -0.4 is 19.5 Å². The Bertz CT molecular complexity index is 1270. The number of ether oxygens (including phenoxy) is 3. The van der Waals surface area contributed by atoms with Gasteiger partial charge >= 0.3 is 0 Å². The summed E-state index contributed by atoms with van der Waals surface area (Å²) in [4.78, 5) is 12.9. The van der Waals surface area contributed by atoms with Gasteiger partial charge in [0.1, 0.15) is 41.3 Å². The largest absolute Gasteiger partial charge is 0.495 e. The third-order valence-corrected chi connectivity index (χ3v) is 5.20. The molecule has 0 aliphatic carbocycles. The van der Waals surface area contributed by atoms with E-state index < -0.39 is 5.91 Å². The van der Waals surface area contributed by atoms with E-state index in [0.717, 1.165) is 5.56 Å². The molecule has 3 rings (SSSR count). The summed E-state index contributed by atoms with van der Waals surface area (Å²) in [6.07, 6.45) is 1.36. The summed E-state index contributed by atoms with van der Waals surface area (Å²) in [5, 5.41) is 13.0. The van der Waals surface area contributed by atoms with Gasteiger partial charge in [-0.05, 0) is 42.0 Å². The van der Waals surface area contributed by atoms with Crippen LogP contribution in [0.4, 0.5) is 10.1 Å². The van der Waals surface area contributed by atoms with Crippen molar-refractivity contribution in [1.29, 1.82) is 5.26 Å². The SMILES string of the molecule is COc1cc(NC(=O)/C(C#N)=C/c2cc(Cl)ccc2OCc2ccc(F)cc2)c(OC)cc1Cl. The third kappa shape index (κ3) is 6.19. The second-order valence-electron chi connectivity index (χ2n) is 6.91. The summed E-state index contributed by atoms with van der Waals surface area (Å²) in [6, 6.07) is 15.5. The van der Waals surface area contributed by atoms with Crippen molar-refractivity contribution in [1.82, 2.24) is 0 Å². The molecule has 0 atom stereocenters. The van der Waals surface area contributed by atoms with Crippen LogP contribution in [-0.2, 0) is 11.4 Å². The van der Waals surface area contributed by atoms with Crippen LogP contribution >= 0.6 is 23.2 Å². The topological polar surface area (TPSA) is 80.6 Å². The van der Waals surface area contributed by atoms with Crippen LogP contribution in [0.3, 0.4) is 0 Å². The number of methoxy groups -OCH3 is 2. The number of hydrogen-bond donors (Lipinski definition) is 1. The Labute approximate surface area is 206 Å². The van der Waals surface area contributed by atoms with E-state index >= 15 is 0 Å². The minimum atomic E-state index is -0.686. The number of anilines is 1. The number of halogens is 3. The lowest BCUT2D eigenvalue weighted by Gasteiger charge is -2.13. The molecule has 0 radical (unpaired) electrons. The van der Waals surface area contributed by atoms with E-state index in [-0.39, 0.29) is 23.7 Å². The Balaban J connectivity index is 1.87. The van der Waals surface area contributed by atoms with Gasteiger partial charge in [-0.15, -0.1) is 0 Å². The highest BCUT2D eigenvalue weighted by atomic mass is 35.5. The quantitative estimate of drug-likeness (QED) is 0.291. The van der Waals surface area contributed by atoms with E-state index in [4.69, 9.17) is 37.4 Å². The van der Waals surface area contributed by atoms with Crippen LogP contribution in [-0.4, -0.2) is 20.1 Å². The number of nitrogens with zero attached hydrogens (tertiary/aromatic N) is 1. The first-order chi connectivity index (χ1) is 16.3. The van der Waals surface area contributed by atoms with Crippen LogP contribution in [0.5, 0.6) is 17.2 Å². The Morgan fingerprint density at radius 2 is 1.74 bits per heavy atom. The van der Waals surface area contributed by atoms with Gasteiger partial charge in [0.2, 0.25) is 0 Å². The standard InChI is InChI=1S/C25H19Cl2FN2O4/c1-32-23-12-21(24(33-2)11-20(23)27)30-25(31)17(13-29)9-16-10-18(26)5-8-22(16)34-14-15-3-6-19(28)7-4-15/h3-12H,14H2,1-2H3,(H,30,31)/b17-9+. The highest BCUT2D eigenvalue weighted by Crippen LogP contribution is 2.36. The summed E-state index contributed by atoms with van der Waals surface area (Å²) >= 11 is 12.2. The molecule has 0 aromatic heterocycles. The summed E-state index contributed by atoms with van der Waals surface area (Å²) < 4.78 is 29.4. The van der Waals surface area contributed by atoms with Gasteiger partial charge in [0.15, 0.2) is 0 Å². The number of amides is 1. The van der Waals surface area contributed by atoms with Crippen molar-refractivity contribution in [2.75, 3.05) is 19.5 Å². The van der Waals surface area contributed by atoms with Crippen molar-refractivity contribution in [3.63, 3.8) is 0 Å². The smallest absolute Gasteiger partial charge is 0.266 e. The molecule has 0 spiro atoms. The lowest BCUT2D eigenvalue weighted by atomic mass is 10.1. The summed E-state index contributed by atoms with van der Waals surface area (Å²) in [6.45, 7) is 0.151. The first-order valence-electron chi connectivity index (χ1n) is 9.86. The first kappa shape index (κ1) is 24.9. The zero-order valence-electron chi connectivity index (χ0n) is 18.2. The Kier molecular flexibility index (Phi) is 8.36. The van der Waals surface area contributed by atoms with Crippen molar-refractivity contribution >= 4 is 40.9 Å². The minimum Gasteiger partial charge on any atom is -0.495 e. The molecule has 0 aliphatic heterocycles. The van der Waals surface area contributed by atoms with Gasteiger partial charge < -0.3 is 19.5 Å². The molecule has 0 bridgehead atoms. The Morgan fingerprint density at radius 3 is 2.38 bits per heavy atom. The molecule has 0 fully saturated rings. The second kappa shape index (κ2) is 11.4. The van der Waals surface area contributed by atoms with E-state index in [1.54, 1.807) is 30.3 Å². The average Bonchev–Trinajstić information content (AvgIpc) is 2.83. The van der Waals surface area contributed by atoms with Gasteiger partial charge in [-0.1, -0.05) is 35.3 Å². The molecule has 0 saturated carbocycles. The molecule has 34 heavy (non-hydrogen) atoms. The molecule has 6 nitrogen and oxygen atoms in total. The first-order valence-corrected chi connectivity index (χ1v) is 10.6. The predicted octanol–water partition coefficient (Wildman–Crippen LogP) is 6.27. The number of benzene rings is 3. The fourth-order valence-electron chi connectivity index (χ4n) is 2.96. The van der Waals surface area contributed by atoms with E-state index in [0.29, 0.717) is 32.9 Å². The Morgan fingerprint density at radius 1 is 1.03 bits per heavy atom. The molecule has 0 saturated heterocycles. The highest BCUT2D eigenvalue weighted by molar-refractivity contribution is 6.32. The minimum absolute atomic E-state index is 0.151. The molecule has 0 heterocycles. The van der Waals surface area contributed by atoms with Crippen molar-refractivity contribution in [2.24, 2.45) is 0 Å². The molecular formula is C25H19Cl2FN2O4. The maximum Gasteiger partial charge on any atom is 0.266 e. The number of nitriles is 1. The normalized spacial score (nSPS) is 10.9. The maximum absolute atomic E-state index is 13.1. The lowest BCUT2D eigenvalue weighted by Crippen LogP contribution is -2.14. The van der Waals surface area contributed by atoms with E-state index in [2.05, 4.69) is 5.32 Å². The molecular weight excluding hydrogens is 482 g/mol. The molecule has 9 heteroatoms. The molecule has 1 N–H and O–H groups in total. The van der Waals surface area contributed by atoms with E-state index in [1.165, 1.54) is 44.6 Å². The summed E-state index contributed by atoms with van der Waals surface area (Å²) in [7, 11) is 2.86. The van der Waals surface area contributed by atoms with Gasteiger partial charge in [-0.2, -0.15) is 5.26 Å². The predicted molar refractivity (Wildman–Crippen MR) is 129 cm³/mol. The number of hydrogen-bond acceptors (Lipinski definition) is 5. The third-order valence-electron chi connectivity index (χ3n) is 4.67. The van der Waals surface area contributed by atoms with Crippen LogP contribution in [0.15, 0.2) is 60.2 Å². The van der Waals surface area contributed by atoms with Gasteiger partial charge in [-0.3, -0.25) is 4.79 Å². The van der Waals surface area contributed by atoms with Crippen molar-refractivity contribution in [3.05, 3.63) is 87.2 Å². The number of rotatable bonds is 8. The van der Waals surface area contributed by atoms with Crippen molar-refractivity contribution in [3.8, 4) is 23.3 Å². The maximum atomic E-state index is 13.1. The molecule has 3 aromatic carbocycles. The van der Waals surface area contributed by atoms with Crippen molar-refractivity contribution < 1.29 is 23.4 Å². The van der Waals surface area contributed by atoms with E-state index in [9.17, 15) is 14.4 Å². The van der Waals surface area contributed by atoms with Crippen LogP contribution in [0.25, 0.3) is 6.08 Å². The lowest BCUT2D eigenvalue weighted by molar-refractivity contribution is -0.112. The fraction of sp³-hybridized carbons (Fsp3) is 0.120. The second-order valence-corrected chi connectivity index (χ2v) is 7.75. The highest BCUT2D eigenvalue weighted by Gasteiger charge is 2.16. The summed E-state index contributed by atoms with van der Waals surface area (Å²) in [5.41, 5.74) is 1.23. The van der Waals surface area contributed by atoms with Gasteiger partial charge in [0.05, 0.1) is 24.9 Å². The van der Waals surface area contributed by atoms with Crippen molar-refractivity contribution in [2.45, 2.75) is 6.61 Å². The zero-order valence-corrected chi connectivity index (χ0v) is 19.7. The number of carbonyl (C=O) groups is 1. The molecule has 0 unspecified atom stereocenters. The van der Waals surface area contributed by atoms with Gasteiger partial charge in [-0.25, -0.2) is 4.39 Å². The van der Waals surface area contributed by atoms with E-state index in [1.807, 2.05) is 6.07 Å². The number of nitrogens with one attached hydrogen (secondary N) is 1. The van der Waals surface area contributed by atoms with Crippen LogP contribution in [0.1, 0.15) is 11.1 Å². The fourth-order valence-corrected chi connectivity index (χ4v) is 3.37. The zero-order chi connectivity index (χ0) is 24.7. The molecule has 1 amide bonds. The van der Waals surface area contributed by atoms with Gasteiger partial charge in [0, 0.05) is 22.7 Å². The molecule has 174 valence electrons. The average molecular weight is 501 g/mol. The van der Waals surface area contributed by atoms with Gasteiger partial charge in [0.25, 0.3) is 5.91 Å². The van der Waals surface area contributed by atoms with Crippen LogP contribution in [0, 0.1) is 17.1 Å².